The largest absolute Gasteiger partial charge is 0.449 e. The van der Waals surface area contributed by atoms with Crippen LogP contribution in [0.15, 0.2) is 42.6 Å². The first-order chi connectivity index (χ1) is 17.5. The highest BCUT2D eigenvalue weighted by Gasteiger charge is 2.31. The minimum Gasteiger partial charge on any atom is -0.449 e. The molecule has 2 atom stereocenters. The Morgan fingerprint density at radius 2 is 2.06 bits per heavy atom. The monoisotopic (exact) mass is 506 g/mol. The summed E-state index contributed by atoms with van der Waals surface area (Å²) in [6, 6.07) is 11.5. The zero-order valence-electron chi connectivity index (χ0n) is 20.7. The van der Waals surface area contributed by atoms with Crippen LogP contribution in [-0.4, -0.2) is 64.1 Å². The van der Waals surface area contributed by atoms with E-state index in [2.05, 4.69) is 11.1 Å². The third-order valence-electron chi connectivity index (χ3n) is 7.21. The third kappa shape index (κ3) is 4.76. The minimum atomic E-state index is -0.311. The Labute approximate surface area is 216 Å². The van der Waals surface area contributed by atoms with Gasteiger partial charge in [0.15, 0.2) is 0 Å². The quantitative estimate of drug-likeness (QED) is 0.483. The van der Waals surface area contributed by atoms with Crippen molar-refractivity contribution in [3.05, 3.63) is 70.1 Å². The highest BCUT2D eigenvalue weighted by Crippen LogP contribution is 2.37. The molecule has 2 aliphatic rings. The standard InChI is InChI=1S/C28H31ClN4O3/c1-3-14-36-28(35)32-12-13-33(18(2)17-32)27(34)20-8-10-22-25(16-20)31-24-15-19(7-9-21(24)26(22)29)23-6-4-5-11-30-23/h4-6,8,10-11,16,18-19H,3,7,9,12-15,17H2,1-2H3. The first-order valence-electron chi connectivity index (χ1n) is 12.7. The number of carbonyl (C=O) groups is 2. The van der Waals surface area contributed by atoms with E-state index < -0.39 is 0 Å². The van der Waals surface area contributed by atoms with Crippen LogP contribution < -0.4 is 0 Å². The number of rotatable bonds is 4. The van der Waals surface area contributed by atoms with E-state index in [-0.39, 0.29) is 18.0 Å². The molecule has 0 radical (unpaired) electrons. The van der Waals surface area contributed by atoms with Gasteiger partial charge in [-0.2, -0.15) is 0 Å². The summed E-state index contributed by atoms with van der Waals surface area (Å²) in [5.41, 5.74) is 4.50. The van der Waals surface area contributed by atoms with Crippen LogP contribution in [0.2, 0.25) is 5.02 Å². The average Bonchev–Trinajstić information content (AvgIpc) is 2.91. The second kappa shape index (κ2) is 10.4. The zero-order chi connectivity index (χ0) is 25.2. The molecule has 36 heavy (non-hydrogen) atoms. The summed E-state index contributed by atoms with van der Waals surface area (Å²) in [5.74, 6) is 0.249. The first kappa shape index (κ1) is 24.5. The molecule has 1 aromatic carbocycles. The van der Waals surface area contributed by atoms with Gasteiger partial charge in [-0.05, 0) is 62.4 Å². The molecule has 0 spiro atoms. The van der Waals surface area contributed by atoms with Crippen molar-refractivity contribution >= 4 is 34.5 Å². The maximum Gasteiger partial charge on any atom is 0.409 e. The number of hydrogen-bond donors (Lipinski definition) is 0. The molecule has 1 saturated heterocycles. The number of ether oxygens (including phenoxy) is 1. The van der Waals surface area contributed by atoms with Gasteiger partial charge in [-0.25, -0.2) is 4.79 Å². The van der Waals surface area contributed by atoms with E-state index in [1.807, 2.05) is 55.3 Å². The summed E-state index contributed by atoms with van der Waals surface area (Å²) in [5, 5.41) is 1.61. The van der Waals surface area contributed by atoms with Gasteiger partial charge in [-0.3, -0.25) is 14.8 Å². The van der Waals surface area contributed by atoms with Crippen LogP contribution in [0.1, 0.15) is 59.9 Å². The second-order valence-electron chi connectivity index (χ2n) is 9.69. The van der Waals surface area contributed by atoms with E-state index in [0.29, 0.717) is 37.7 Å². The predicted octanol–water partition coefficient (Wildman–Crippen LogP) is 5.25. The second-order valence-corrected chi connectivity index (χ2v) is 10.1. The molecule has 1 aliphatic carbocycles. The molecule has 188 valence electrons. The average molecular weight is 507 g/mol. The summed E-state index contributed by atoms with van der Waals surface area (Å²) in [4.78, 5) is 38.7. The van der Waals surface area contributed by atoms with E-state index in [0.717, 1.165) is 58.6 Å². The number of hydrogen-bond acceptors (Lipinski definition) is 5. The Balaban J connectivity index is 1.36. The Bertz CT molecular complexity index is 1280. The number of carbonyl (C=O) groups excluding carboxylic acids is 2. The third-order valence-corrected chi connectivity index (χ3v) is 7.65. The summed E-state index contributed by atoms with van der Waals surface area (Å²) in [6.45, 7) is 5.70. The van der Waals surface area contributed by atoms with Gasteiger partial charge in [0, 0.05) is 60.1 Å². The van der Waals surface area contributed by atoms with Crippen LogP contribution in [-0.2, 0) is 17.6 Å². The van der Waals surface area contributed by atoms with Crippen molar-refractivity contribution in [2.45, 2.75) is 51.5 Å². The van der Waals surface area contributed by atoms with E-state index >= 15 is 0 Å². The Hall–Kier alpha value is -3.19. The van der Waals surface area contributed by atoms with Crippen LogP contribution in [0.5, 0.6) is 0 Å². The van der Waals surface area contributed by atoms with Crippen molar-refractivity contribution < 1.29 is 14.3 Å². The highest BCUT2D eigenvalue weighted by molar-refractivity contribution is 6.36. The summed E-state index contributed by atoms with van der Waals surface area (Å²) >= 11 is 6.84. The lowest BCUT2D eigenvalue weighted by molar-refractivity contribution is 0.0414. The number of fused-ring (bicyclic) bond motifs is 2. The van der Waals surface area contributed by atoms with Gasteiger partial charge in [0.1, 0.15) is 0 Å². The molecule has 3 aromatic rings. The van der Waals surface area contributed by atoms with E-state index in [1.54, 1.807) is 4.90 Å². The van der Waals surface area contributed by atoms with Crippen LogP contribution in [0, 0.1) is 0 Å². The van der Waals surface area contributed by atoms with E-state index in [4.69, 9.17) is 21.3 Å². The van der Waals surface area contributed by atoms with Crippen molar-refractivity contribution in [1.82, 2.24) is 19.8 Å². The topological polar surface area (TPSA) is 75.6 Å². The smallest absolute Gasteiger partial charge is 0.409 e. The summed E-state index contributed by atoms with van der Waals surface area (Å²) < 4.78 is 5.26. The Morgan fingerprint density at radius 3 is 2.81 bits per heavy atom. The number of aromatic nitrogens is 2. The minimum absolute atomic E-state index is 0.0621. The van der Waals surface area contributed by atoms with Gasteiger partial charge < -0.3 is 14.5 Å². The fourth-order valence-corrected chi connectivity index (χ4v) is 5.63. The molecular formula is C28H31ClN4O3. The highest BCUT2D eigenvalue weighted by atomic mass is 35.5. The molecular weight excluding hydrogens is 476 g/mol. The van der Waals surface area contributed by atoms with Gasteiger partial charge >= 0.3 is 6.09 Å². The molecule has 2 amide bonds. The number of amides is 2. The molecule has 0 bridgehead atoms. The fraction of sp³-hybridized carbons (Fsp3) is 0.429. The van der Waals surface area contributed by atoms with Crippen molar-refractivity contribution in [1.29, 1.82) is 0 Å². The first-order valence-corrected chi connectivity index (χ1v) is 13.1. The van der Waals surface area contributed by atoms with Crippen LogP contribution in [0.25, 0.3) is 10.9 Å². The van der Waals surface area contributed by atoms with Crippen molar-refractivity contribution in [3.63, 3.8) is 0 Å². The molecule has 3 heterocycles. The summed E-state index contributed by atoms with van der Waals surface area (Å²) in [6.07, 6.45) is 4.94. The van der Waals surface area contributed by atoms with E-state index in [9.17, 15) is 9.59 Å². The number of benzene rings is 1. The SMILES string of the molecule is CCCOC(=O)N1CCN(C(=O)c2ccc3c(Cl)c4c(nc3c2)CC(c2ccccn2)CC4)C(C)C1. The molecule has 1 aliphatic heterocycles. The number of nitrogens with zero attached hydrogens (tertiary/aromatic N) is 4. The molecule has 7 nitrogen and oxygen atoms in total. The van der Waals surface area contributed by atoms with Crippen LogP contribution in [0.3, 0.4) is 0 Å². The molecule has 2 unspecified atom stereocenters. The molecule has 8 heteroatoms. The van der Waals surface area contributed by atoms with Crippen molar-refractivity contribution in [2.24, 2.45) is 0 Å². The Morgan fingerprint density at radius 1 is 1.19 bits per heavy atom. The molecule has 0 saturated carbocycles. The van der Waals surface area contributed by atoms with Gasteiger partial charge in [0.05, 0.1) is 17.1 Å². The zero-order valence-corrected chi connectivity index (χ0v) is 21.5. The fourth-order valence-electron chi connectivity index (χ4n) is 5.26. The predicted molar refractivity (Wildman–Crippen MR) is 139 cm³/mol. The normalized spacial score (nSPS) is 19.8. The lowest BCUT2D eigenvalue weighted by Gasteiger charge is -2.39. The summed E-state index contributed by atoms with van der Waals surface area (Å²) in [7, 11) is 0. The van der Waals surface area contributed by atoms with Crippen molar-refractivity contribution in [3.8, 4) is 0 Å². The van der Waals surface area contributed by atoms with Crippen LogP contribution >= 0.6 is 11.6 Å². The lowest BCUT2D eigenvalue weighted by atomic mass is 9.84. The van der Waals surface area contributed by atoms with Gasteiger partial charge in [0.2, 0.25) is 0 Å². The molecule has 2 aromatic heterocycles. The van der Waals surface area contributed by atoms with Crippen LogP contribution in [0.4, 0.5) is 4.79 Å². The molecule has 0 N–H and O–H groups in total. The van der Waals surface area contributed by atoms with Gasteiger partial charge in [-0.1, -0.05) is 30.7 Å². The van der Waals surface area contributed by atoms with Gasteiger partial charge in [0.25, 0.3) is 5.91 Å². The van der Waals surface area contributed by atoms with E-state index in [1.165, 1.54) is 0 Å². The van der Waals surface area contributed by atoms with Gasteiger partial charge in [-0.15, -0.1) is 0 Å². The Kier molecular flexibility index (Phi) is 7.10. The lowest BCUT2D eigenvalue weighted by Crippen LogP contribution is -2.55. The number of piperazine rings is 1. The number of pyridine rings is 2. The molecule has 1 fully saturated rings. The molecule has 5 rings (SSSR count). The van der Waals surface area contributed by atoms with Crippen molar-refractivity contribution in [2.75, 3.05) is 26.2 Å². The maximum atomic E-state index is 13.4. The maximum absolute atomic E-state index is 13.4. The number of halogens is 1.